The van der Waals surface area contributed by atoms with Gasteiger partial charge in [0.1, 0.15) is 4.83 Å². The average Bonchev–Trinajstić information content (AvgIpc) is 3.20. The van der Waals surface area contributed by atoms with Gasteiger partial charge in [0, 0.05) is 23.3 Å². The number of amides is 1. The minimum absolute atomic E-state index is 0.00711. The van der Waals surface area contributed by atoms with Gasteiger partial charge in [0.25, 0.3) is 5.56 Å². The molecule has 2 aromatic heterocycles. The summed E-state index contributed by atoms with van der Waals surface area (Å²) >= 11 is 2.95. The molecule has 162 valence electrons. The van der Waals surface area contributed by atoms with Gasteiger partial charge in [-0.3, -0.25) is 19.1 Å². The summed E-state index contributed by atoms with van der Waals surface area (Å²) in [4.78, 5) is 35.1. The fourth-order valence-corrected chi connectivity index (χ4v) is 6.30. The van der Waals surface area contributed by atoms with E-state index < -0.39 is 0 Å². The predicted molar refractivity (Wildman–Crippen MR) is 132 cm³/mol. The Kier molecular flexibility index (Phi) is 5.85. The van der Waals surface area contributed by atoms with Gasteiger partial charge in [0.15, 0.2) is 5.16 Å². The zero-order valence-electron chi connectivity index (χ0n) is 17.8. The molecule has 0 bridgehead atoms. The van der Waals surface area contributed by atoms with Crippen LogP contribution in [-0.4, -0.2) is 21.2 Å². The first-order valence-electron chi connectivity index (χ1n) is 10.7. The molecule has 0 saturated carbocycles. The summed E-state index contributed by atoms with van der Waals surface area (Å²) in [5, 5.41) is 1.36. The lowest BCUT2D eigenvalue weighted by Crippen LogP contribution is -2.28. The van der Waals surface area contributed by atoms with Crippen molar-refractivity contribution in [2.45, 2.75) is 30.8 Å². The first kappa shape index (κ1) is 21.0. The fourth-order valence-electron chi connectivity index (χ4n) is 4.18. The number of thioether (sulfide) groups is 1. The molecule has 0 fully saturated rings. The Labute approximate surface area is 194 Å². The first-order chi connectivity index (χ1) is 15.6. The monoisotopic (exact) mass is 461 g/mol. The van der Waals surface area contributed by atoms with E-state index in [-0.39, 0.29) is 17.2 Å². The molecule has 0 N–H and O–H groups in total. The lowest BCUT2D eigenvalue weighted by atomic mass is 9.97. The number of nitrogens with zero attached hydrogens (tertiary/aromatic N) is 3. The molecule has 7 heteroatoms. The second kappa shape index (κ2) is 8.92. The maximum Gasteiger partial charge on any atom is 0.262 e. The molecule has 2 heterocycles. The summed E-state index contributed by atoms with van der Waals surface area (Å²) in [6.45, 7) is 0. The first-order valence-corrected chi connectivity index (χ1v) is 12.5. The van der Waals surface area contributed by atoms with E-state index in [1.807, 2.05) is 60.7 Å². The number of hydrogen-bond acceptors (Lipinski definition) is 5. The molecule has 0 saturated heterocycles. The molecular formula is C25H23N3O2S2. The Balaban J connectivity index is 1.45. The number of aryl methyl sites for hydroxylation is 2. The van der Waals surface area contributed by atoms with Gasteiger partial charge in [-0.05, 0) is 55.5 Å². The van der Waals surface area contributed by atoms with Crippen LogP contribution < -0.4 is 10.5 Å². The van der Waals surface area contributed by atoms with Gasteiger partial charge >= 0.3 is 0 Å². The smallest absolute Gasteiger partial charge is 0.262 e. The van der Waals surface area contributed by atoms with E-state index in [1.165, 1.54) is 28.6 Å². The molecule has 0 atom stereocenters. The number of benzene rings is 2. The number of thiophene rings is 1. The highest BCUT2D eigenvalue weighted by molar-refractivity contribution is 7.99. The topological polar surface area (TPSA) is 55.2 Å². The van der Waals surface area contributed by atoms with Crippen LogP contribution in [0.3, 0.4) is 0 Å². The van der Waals surface area contributed by atoms with E-state index in [2.05, 4.69) is 0 Å². The Morgan fingerprint density at radius 2 is 1.66 bits per heavy atom. The van der Waals surface area contributed by atoms with Crippen LogP contribution in [-0.2, 0) is 24.7 Å². The Morgan fingerprint density at radius 3 is 2.31 bits per heavy atom. The van der Waals surface area contributed by atoms with Crippen molar-refractivity contribution in [3.63, 3.8) is 0 Å². The zero-order chi connectivity index (χ0) is 22.1. The molecule has 0 unspecified atom stereocenters. The van der Waals surface area contributed by atoms with Gasteiger partial charge in [-0.1, -0.05) is 48.2 Å². The molecular weight excluding hydrogens is 438 g/mol. The number of para-hydroxylation sites is 2. The van der Waals surface area contributed by atoms with Crippen molar-refractivity contribution in [2.24, 2.45) is 7.05 Å². The second-order valence-electron chi connectivity index (χ2n) is 7.84. The van der Waals surface area contributed by atoms with Gasteiger partial charge in [-0.25, -0.2) is 4.98 Å². The number of hydrogen-bond donors (Lipinski definition) is 0. The van der Waals surface area contributed by atoms with Crippen molar-refractivity contribution in [1.29, 1.82) is 0 Å². The van der Waals surface area contributed by atoms with E-state index in [9.17, 15) is 9.59 Å². The van der Waals surface area contributed by atoms with Crippen LogP contribution in [0.5, 0.6) is 0 Å². The Hall–Kier alpha value is -2.90. The van der Waals surface area contributed by atoms with Crippen LogP contribution in [0.25, 0.3) is 10.2 Å². The van der Waals surface area contributed by atoms with Crippen molar-refractivity contribution >= 4 is 50.6 Å². The van der Waals surface area contributed by atoms with Gasteiger partial charge in [0.05, 0.1) is 11.1 Å². The normalized spacial score (nSPS) is 13.2. The minimum atomic E-state index is -0.0628. The number of carbonyl (C=O) groups is 1. The highest BCUT2D eigenvalue weighted by atomic mass is 32.2. The summed E-state index contributed by atoms with van der Waals surface area (Å²) in [5.41, 5.74) is 2.81. The van der Waals surface area contributed by atoms with Crippen LogP contribution in [0.1, 0.15) is 23.3 Å². The van der Waals surface area contributed by atoms with Crippen molar-refractivity contribution in [3.05, 3.63) is 81.5 Å². The summed E-state index contributed by atoms with van der Waals surface area (Å²) < 4.78 is 1.59. The van der Waals surface area contributed by atoms with Crippen LogP contribution in [0.4, 0.5) is 11.4 Å². The van der Waals surface area contributed by atoms with E-state index in [0.717, 1.165) is 40.9 Å². The molecule has 0 radical (unpaired) electrons. The third-order valence-electron chi connectivity index (χ3n) is 5.76. The van der Waals surface area contributed by atoms with Crippen LogP contribution in [0.2, 0.25) is 0 Å². The summed E-state index contributed by atoms with van der Waals surface area (Å²) in [5.74, 6) is 0.118. The number of fused-ring (bicyclic) bond motifs is 3. The minimum Gasteiger partial charge on any atom is -0.290 e. The fraction of sp³-hybridized carbons (Fsp3) is 0.240. The van der Waals surface area contributed by atoms with Crippen molar-refractivity contribution < 1.29 is 4.79 Å². The van der Waals surface area contributed by atoms with E-state index in [1.54, 1.807) is 27.9 Å². The summed E-state index contributed by atoms with van der Waals surface area (Å²) in [7, 11) is 1.75. The quantitative estimate of drug-likeness (QED) is 0.298. The molecule has 32 heavy (non-hydrogen) atoms. The Bertz CT molecular complexity index is 1290. The lowest BCUT2D eigenvalue weighted by Gasteiger charge is -2.23. The lowest BCUT2D eigenvalue weighted by molar-refractivity contribution is -0.115. The average molecular weight is 462 g/mol. The molecule has 5 rings (SSSR count). The van der Waals surface area contributed by atoms with Gasteiger partial charge in [-0.2, -0.15) is 0 Å². The molecule has 5 nitrogen and oxygen atoms in total. The third kappa shape index (κ3) is 3.87. The zero-order valence-corrected chi connectivity index (χ0v) is 19.4. The van der Waals surface area contributed by atoms with Crippen LogP contribution in [0, 0.1) is 0 Å². The summed E-state index contributed by atoms with van der Waals surface area (Å²) in [6.07, 6.45) is 4.29. The standard InChI is InChI=1S/C25H23N3O2S2/c1-27-24(30)22-19-14-8-9-15-20(19)32-23(22)26-25(27)31-16-21(29)28(17-10-4-2-5-11-17)18-12-6-3-7-13-18/h2-7,10-13H,8-9,14-16H2,1H3. The van der Waals surface area contributed by atoms with E-state index in [0.29, 0.717) is 5.16 Å². The number of carbonyl (C=O) groups excluding carboxylic acids is 1. The number of rotatable bonds is 5. The van der Waals surface area contributed by atoms with Gasteiger partial charge in [-0.15, -0.1) is 11.3 Å². The molecule has 2 aromatic carbocycles. The molecule has 1 aliphatic rings. The number of aromatic nitrogens is 2. The van der Waals surface area contributed by atoms with Crippen molar-refractivity contribution in [3.8, 4) is 0 Å². The van der Waals surface area contributed by atoms with Crippen LogP contribution >= 0.6 is 23.1 Å². The Morgan fingerprint density at radius 1 is 1.03 bits per heavy atom. The highest BCUT2D eigenvalue weighted by Gasteiger charge is 2.23. The van der Waals surface area contributed by atoms with Gasteiger partial charge in [0.2, 0.25) is 5.91 Å². The summed E-state index contributed by atoms with van der Waals surface area (Å²) in [6, 6.07) is 19.2. The third-order valence-corrected chi connectivity index (χ3v) is 7.96. The van der Waals surface area contributed by atoms with Gasteiger partial charge < -0.3 is 0 Å². The molecule has 0 spiro atoms. The largest absolute Gasteiger partial charge is 0.290 e. The maximum atomic E-state index is 13.3. The molecule has 1 aliphatic carbocycles. The van der Waals surface area contributed by atoms with Crippen LogP contribution in [0.15, 0.2) is 70.6 Å². The van der Waals surface area contributed by atoms with Crippen molar-refractivity contribution in [1.82, 2.24) is 9.55 Å². The highest BCUT2D eigenvalue weighted by Crippen LogP contribution is 2.35. The number of anilines is 2. The second-order valence-corrected chi connectivity index (χ2v) is 9.86. The SMILES string of the molecule is Cn1c(SCC(=O)N(c2ccccc2)c2ccccc2)nc2sc3c(c2c1=O)CCCC3. The molecule has 4 aromatic rings. The van der Waals surface area contributed by atoms with Crippen molar-refractivity contribution in [2.75, 3.05) is 10.7 Å². The maximum absolute atomic E-state index is 13.3. The predicted octanol–water partition coefficient (Wildman–Crippen LogP) is 5.33. The van der Waals surface area contributed by atoms with E-state index >= 15 is 0 Å². The molecule has 1 amide bonds. The molecule has 0 aliphatic heterocycles. The van der Waals surface area contributed by atoms with E-state index in [4.69, 9.17) is 4.98 Å².